The first-order chi connectivity index (χ1) is 14.8. The van der Waals surface area contributed by atoms with E-state index in [-0.39, 0.29) is 12.0 Å². The Hall–Kier alpha value is -3.35. The van der Waals surface area contributed by atoms with E-state index >= 15 is 0 Å². The lowest BCUT2D eigenvalue weighted by atomic mass is 10.1. The second-order valence-corrected chi connectivity index (χ2v) is 7.23. The molecule has 1 aliphatic carbocycles. The van der Waals surface area contributed by atoms with Gasteiger partial charge in [-0.3, -0.25) is 0 Å². The molecule has 4 nitrogen and oxygen atoms in total. The van der Waals surface area contributed by atoms with Crippen LogP contribution in [0, 0.1) is 0 Å². The number of alkyl halides is 3. The SMILES string of the molecule is C=C(CC1=CC=C(C)C(C(F)(F)F)=CC1)NC=NC1=NC(c2ccc(OC)cc2)=CC1. The molecule has 162 valence electrons. The Labute approximate surface area is 179 Å². The number of ether oxygens (including phenoxy) is 1. The summed E-state index contributed by atoms with van der Waals surface area (Å²) in [6.07, 6.45) is 4.90. The fourth-order valence-corrected chi connectivity index (χ4v) is 3.23. The minimum absolute atomic E-state index is 0.210. The van der Waals surface area contributed by atoms with Gasteiger partial charge in [-0.05, 0) is 43.2 Å². The molecular formula is C24H24F3N3O. The fourth-order valence-electron chi connectivity index (χ4n) is 3.23. The summed E-state index contributed by atoms with van der Waals surface area (Å²) in [5.74, 6) is 1.45. The Morgan fingerprint density at radius 1 is 1.19 bits per heavy atom. The molecule has 1 heterocycles. The summed E-state index contributed by atoms with van der Waals surface area (Å²) in [5, 5.41) is 2.99. The molecule has 1 aromatic carbocycles. The summed E-state index contributed by atoms with van der Waals surface area (Å²) in [5.41, 5.74) is 2.95. The summed E-state index contributed by atoms with van der Waals surface area (Å²) in [6, 6.07) is 7.64. The van der Waals surface area contributed by atoms with Gasteiger partial charge < -0.3 is 10.1 Å². The second kappa shape index (κ2) is 9.64. The van der Waals surface area contributed by atoms with Gasteiger partial charge in [0.2, 0.25) is 0 Å². The van der Waals surface area contributed by atoms with Crippen LogP contribution in [0.15, 0.2) is 87.5 Å². The number of nitrogens with one attached hydrogen (secondary N) is 1. The maximum Gasteiger partial charge on any atom is 0.416 e. The van der Waals surface area contributed by atoms with Crippen LogP contribution in [-0.4, -0.2) is 25.5 Å². The van der Waals surface area contributed by atoms with E-state index in [1.54, 1.807) is 13.2 Å². The number of hydrogen-bond acceptors (Lipinski definition) is 3. The molecule has 1 aromatic rings. The average Bonchev–Trinajstić information content (AvgIpc) is 3.11. The van der Waals surface area contributed by atoms with Crippen LogP contribution in [0.5, 0.6) is 5.75 Å². The molecule has 0 unspecified atom stereocenters. The molecule has 0 saturated heterocycles. The Balaban J connectivity index is 1.53. The number of rotatable bonds is 6. The van der Waals surface area contributed by atoms with E-state index in [9.17, 15) is 13.2 Å². The van der Waals surface area contributed by atoms with Gasteiger partial charge in [0.05, 0.1) is 24.7 Å². The van der Waals surface area contributed by atoms with Gasteiger partial charge in [-0.25, -0.2) is 9.98 Å². The molecule has 1 N–H and O–H groups in total. The van der Waals surface area contributed by atoms with Gasteiger partial charge in [0.15, 0.2) is 0 Å². The fraction of sp³-hybridized carbons (Fsp3) is 0.250. The molecule has 0 amide bonds. The molecule has 7 heteroatoms. The number of nitrogens with zero attached hydrogens (tertiary/aromatic N) is 2. The maximum atomic E-state index is 13.0. The Kier molecular flexibility index (Phi) is 6.95. The predicted molar refractivity (Wildman–Crippen MR) is 119 cm³/mol. The van der Waals surface area contributed by atoms with Crippen LogP contribution >= 0.6 is 0 Å². The largest absolute Gasteiger partial charge is 0.497 e. The van der Waals surface area contributed by atoms with E-state index in [0.29, 0.717) is 24.4 Å². The molecule has 0 aromatic heterocycles. The first kappa shape index (κ1) is 22.3. The van der Waals surface area contributed by atoms with Gasteiger partial charge >= 0.3 is 6.18 Å². The van der Waals surface area contributed by atoms with Gasteiger partial charge in [0.25, 0.3) is 0 Å². The van der Waals surface area contributed by atoms with Crippen molar-refractivity contribution >= 4 is 17.9 Å². The number of amidine groups is 1. The van der Waals surface area contributed by atoms with Crippen LogP contribution in [0.3, 0.4) is 0 Å². The number of benzene rings is 1. The van der Waals surface area contributed by atoms with E-state index < -0.39 is 11.7 Å². The van der Waals surface area contributed by atoms with Crippen LogP contribution in [0.2, 0.25) is 0 Å². The topological polar surface area (TPSA) is 46.0 Å². The molecule has 0 spiro atoms. The molecule has 1 aliphatic heterocycles. The van der Waals surface area contributed by atoms with E-state index in [0.717, 1.165) is 22.6 Å². The maximum absolute atomic E-state index is 13.0. The van der Waals surface area contributed by atoms with Gasteiger partial charge in [0, 0.05) is 24.1 Å². The summed E-state index contributed by atoms with van der Waals surface area (Å²) in [6.45, 7) is 5.40. The van der Waals surface area contributed by atoms with Crippen molar-refractivity contribution in [3.05, 3.63) is 83.1 Å². The number of aliphatic imine (C=N–C) groups is 2. The average molecular weight is 427 g/mol. The minimum Gasteiger partial charge on any atom is -0.497 e. The molecular weight excluding hydrogens is 403 g/mol. The standard InChI is InChI=1S/C24H24F3N3O/c1-16-4-5-18(6-11-21(16)24(25,26)27)14-17(2)28-15-29-23-13-12-22(30-23)19-7-9-20(31-3)10-8-19/h4-5,7-12,15H,2,6,13-14H2,1,3H3,(H,28,29,30). The number of allylic oxidation sites excluding steroid dienone is 6. The highest BCUT2D eigenvalue weighted by molar-refractivity contribution is 5.98. The third-order valence-electron chi connectivity index (χ3n) is 4.90. The Morgan fingerprint density at radius 2 is 1.94 bits per heavy atom. The van der Waals surface area contributed by atoms with Crippen molar-refractivity contribution in [2.45, 2.75) is 32.4 Å². The number of halogens is 3. The van der Waals surface area contributed by atoms with Crippen LogP contribution in [-0.2, 0) is 0 Å². The van der Waals surface area contributed by atoms with Crippen LogP contribution < -0.4 is 10.1 Å². The first-order valence-corrected chi connectivity index (χ1v) is 9.79. The van der Waals surface area contributed by atoms with E-state index in [2.05, 4.69) is 21.9 Å². The molecule has 0 bridgehead atoms. The van der Waals surface area contributed by atoms with Crippen molar-refractivity contribution in [2.75, 3.05) is 7.11 Å². The molecule has 0 saturated carbocycles. The van der Waals surface area contributed by atoms with Gasteiger partial charge in [-0.15, -0.1) is 0 Å². The summed E-state index contributed by atoms with van der Waals surface area (Å²) < 4.78 is 44.3. The summed E-state index contributed by atoms with van der Waals surface area (Å²) >= 11 is 0. The molecule has 3 rings (SSSR count). The van der Waals surface area contributed by atoms with E-state index in [1.165, 1.54) is 25.4 Å². The predicted octanol–water partition coefficient (Wildman–Crippen LogP) is 6.13. The second-order valence-electron chi connectivity index (χ2n) is 7.23. The zero-order valence-corrected chi connectivity index (χ0v) is 17.5. The molecule has 2 aliphatic rings. The highest BCUT2D eigenvalue weighted by atomic mass is 19.4. The van der Waals surface area contributed by atoms with Crippen molar-refractivity contribution in [2.24, 2.45) is 9.98 Å². The van der Waals surface area contributed by atoms with Crippen molar-refractivity contribution in [1.82, 2.24) is 5.32 Å². The lowest BCUT2D eigenvalue weighted by Crippen LogP contribution is -2.13. The summed E-state index contributed by atoms with van der Waals surface area (Å²) in [4.78, 5) is 8.84. The van der Waals surface area contributed by atoms with E-state index in [4.69, 9.17) is 4.74 Å². The van der Waals surface area contributed by atoms with Crippen molar-refractivity contribution in [3.63, 3.8) is 0 Å². The number of methoxy groups -OCH3 is 1. The molecule has 0 radical (unpaired) electrons. The van der Waals surface area contributed by atoms with Crippen LogP contribution in [0.25, 0.3) is 5.70 Å². The van der Waals surface area contributed by atoms with Gasteiger partial charge in [0.1, 0.15) is 11.6 Å². The lowest BCUT2D eigenvalue weighted by Gasteiger charge is -2.11. The van der Waals surface area contributed by atoms with Gasteiger partial charge in [-0.1, -0.05) is 36.5 Å². The van der Waals surface area contributed by atoms with Crippen molar-refractivity contribution < 1.29 is 17.9 Å². The van der Waals surface area contributed by atoms with Crippen LogP contribution in [0.1, 0.15) is 31.7 Å². The van der Waals surface area contributed by atoms with E-state index in [1.807, 2.05) is 30.3 Å². The van der Waals surface area contributed by atoms with Crippen molar-refractivity contribution in [1.29, 1.82) is 0 Å². The Bertz CT molecular complexity index is 1020. The summed E-state index contributed by atoms with van der Waals surface area (Å²) in [7, 11) is 1.62. The quantitative estimate of drug-likeness (QED) is 0.439. The zero-order chi connectivity index (χ0) is 22.4. The smallest absolute Gasteiger partial charge is 0.416 e. The monoisotopic (exact) mass is 427 g/mol. The van der Waals surface area contributed by atoms with Crippen LogP contribution in [0.4, 0.5) is 13.2 Å². The highest BCUT2D eigenvalue weighted by Crippen LogP contribution is 2.34. The highest BCUT2D eigenvalue weighted by Gasteiger charge is 2.34. The minimum atomic E-state index is -4.34. The zero-order valence-electron chi connectivity index (χ0n) is 17.5. The number of hydrogen-bond donors (Lipinski definition) is 1. The Morgan fingerprint density at radius 3 is 2.61 bits per heavy atom. The van der Waals surface area contributed by atoms with Gasteiger partial charge in [-0.2, -0.15) is 13.2 Å². The molecule has 0 atom stereocenters. The van der Waals surface area contributed by atoms with Crippen molar-refractivity contribution in [3.8, 4) is 5.75 Å². The third-order valence-corrected chi connectivity index (χ3v) is 4.90. The third kappa shape index (κ3) is 6.07. The molecule has 0 fully saturated rings. The lowest BCUT2D eigenvalue weighted by molar-refractivity contribution is -0.0894. The first-order valence-electron chi connectivity index (χ1n) is 9.79. The molecule has 31 heavy (non-hydrogen) atoms. The normalized spacial score (nSPS) is 16.7.